The molecule has 1 heterocycles. The van der Waals surface area contributed by atoms with Crippen LogP contribution in [0, 0.1) is 5.82 Å². The number of carbonyl (C=O) groups is 1. The number of benzene rings is 2. The molecule has 26 heavy (non-hydrogen) atoms. The Morgan fingerprint density at radius 3 is 2.69 bits per heavy atom. The van der Waals surface area contributed by atoms with Crippen LogP contribution in [0.2, 0.25) is 0 Å². The second-order valence-electron chi connectivity index (χ2n) is 5.35. The van der Waals surface area contributed by atoms with Gasteiger partial charge < -0.3 is 10.1 Å². The van der Waals surface area contributed by atoms with Crippen LogP contribution >= 0.6 is 11.8 Å². The van der Waals surface area contributed by atoms with Gasteiger partial charge in [-0.25, -0.2) is 9.37 Å². The average molecular weight is 372 g/mol. The van der Waals surface area contributed by atoms with Crippen molar-refractivity contribution < 1.29 is 13.9 Å². The van der Waals surface area contributed by atoms with Crippen molar-refractivity contribution in [2.24, 2.45) is 0 Å². The molecule has 2 N–H and O–H groups in total. The molecular weight excluding hydrogens is 355 g/mol. The summed E-state index contributed by atoms with van der Waals surface area (Å²) in [5.41, 5.74) is 0.877. The lowest BCUT2D eigenvalue weighted by atomic mass is 10.1. The zero-order valence-corrected chi connectivity index (χ0v) is 14.6. The van der Waals surface area contributed by atoms with Gasteiger partial charge in [-0.2, -0.15) is 5.10 Å². The number of ether oxygens (including phenoxy) is 1. The Morgan fingerprint density at radius 2 is 1.96 bits per heavy atom. The summed E-state index contributed by atoms with van der Waals surface area (Å²) in [6.07, 6.45) is 1.38. The molecule has 0 radical (unpaired) electrons. The van der Waals surface area contributed by atoms with Crippen molar-refractivity contribution in [2.45, 2.75) is 11.2 Å². The van der Waals surface area contributed by atoms with Crippen molar-refractivity contribution in [3.8, 4) is 5.75 Å². The molecule has 1 amide bonds. The summed E-state index contributed by atoms with van der Waals surface area (Å²) >= 11 is 1.25. The molecule has 0 spiro atoms. The number of aromatic nitrogens is 3. The van der Waals surface area contributed by atoms with Gasteiger partial charge in [0, 0.05) is 0 Å². The number of halogens is 1. The van der Waals surface area contributed by atoms with E-state index >= 15 is 0 Å². The molecule has 0 fully saturated rings. The molecule has 0 saturated heterocycles. The average Bonchev–Trinajstić information content (AvgIpc) is 3.19. The third-order valence-corrected chi connectivity index (χ3v) is 4.39. The quantitative estimate of drug-likeness (QED) is 0.594. The van der Waals surface area contributed by atoms with E-state index in [4.69, 9.17) is 4.74 Å². The van der Waals surface area contributed by atoms with E-state index in [0.29, 0.717) is 5.16 Å². The molecule has 0 aliphatic carbocycles. The monoisotopic (exact) mass is 372 g/mol. The highest BCUT2D eigenvalue weighted by atomic mass is 32.2. The molecule has 3 aromatic rings. The summed E-state index contributed by atoms with van der Waals surface area (Å²) in [6.45, 7) is 0.115. The Bertz CT molecular complexity index is 830. The maximum absolute atomic E-state index is 13.8. The minimum Gasteiger partial charge on any atom is -0.488 e. The molecule has 0 aliphatic heterocycles. The predicted octanol–water partition coefficient (Wildman–Crippen LogP) is 2.97. The summed E-state index contributed by atoms with van der Waals surface area (Å²) < 4.78 is 19.3. The second-order valence-corrected chi connectivity index (χ2v) is 6.32. The number of H-pyrrole nitrogens is 1. The van der Waals surface area contributed by atoms with Gasteiger partial charge in [-0.05, 0) is 17.7 Å². The third-order valence-electron chi connectivity index (χ3n) is 3.51. The number of nitrogens with one attached hydrogen (secondary N) is 2. The highest BCUT2D eigenvalue weighted by Crippen LogP contribution is 2.20. The maximum atomic E-state index is 13.8. The summed E-state index contributed by atoms with van der Waals surface area (Å²) in [4.78, 5) is 16.2. The Morgan fingerprint density at radius 1 is 1.19 bits per heavy atom. The molecular formula is C18H17FN4O2S. The van der Waals surface area contributed by atoms with Gasteiger partial charge in [0.25, 0.3) is 0 Å². The molecule has 0 saturated carbocycles. The minimum absolute atomic E-state index is 0.115. The molecule has 0 aliphatic rings. The topological polar surface area (TPSA) is 79.9 Å². The lowest BCUT2D eigenvalue weighted by Gasteiger charge is -2.20. The number of amides is 1. The van der Waals surface area contributed by atoms with Crippen molar-refractivity contribution >= 4 is 17.7 Å². The van der Waals surface area contributed by atoms with Crippen LogP contribution in [0.3, 0.4) is 0 Å². The minimum atomic E-state index is -0.438. The number of hydrogen-bond acceptors (Lipinski definition) is 5. The molecule has 134 valence electrons. The van der Waals surface area contributed by atoms with Crippen molar-refractivity contribution in [1.82, 2.24) is 20.5 Å². The van der Waals surface area contributed by atoms with Crippen LogP contribution in [0.4, 0.5) is 4.39 Å². The normalized spacial score (nSPS) is 11.7. The van der Waals surface area contributed by atoms with Crippen LogP contribution in [-0.4, -0.2) is 33.4 Å². The lowest BCUT2D eigenvalue weighted by molar-refractivity contribution is -0.119. The van der Waals surface area contributed by atoms with Gasteiger partial charge in [0.2, 0.25) is 5.91 Å². The van der Waals surface area contributed by atoms with E-state index in [0.717, 1.165) is 5.56 Å². The number of para-hydroxylation sites is 1. The largest absolute Gasteiger partial charge is 0.488 e. The number of thioether (sulfide) groups is 1. The van der Waals surface area contributed by atoms with Crippen molar-refractivity contribution in [1.29, 1.82) is 0 Å². The van der Waals surface area contributed by atoms with Crippen molar-refractivity contribution in [3.63, 3.8) is 0 Å². The summed E-state index contributed by atoms with van der Waals surface area (Å²) in [6, 6.07) is 15.2. The molecule has 1 atom stereocenters. The fourth-order valence-electron chi connectivity index (χ4n) is 2.28. The smallest absolute Gasteiger partial charge is 0.231 e. The first-order chi connectivity index (χ1) is 12.7. The molecule has 8 heteroatoms. The number of aromatic amines is 1. The van der Waals surface area contributed by atoms with Crippen LogP contribution in [0.25, 0.3) is 0 Å². The number of hydrogen-bond donors (Lipinski definition) is 2. The van der Waals surface area contributed by atoms with E-state index in [1.807, 2.05) is 30.3 Å². The Balaban J connectivity index is 1.63. The van der Waals surface area contributed by atoms with Gasteiger partial charge in [0.15, 0.2) is 16.7 Å². The highest BCUT2D eigenvalue weighted by Gasteiger charge is 2.17. The maximum Gasteiger partial charge on any atom is 0.231 e. The van der Waals surface area contributed by atoms with E-state index in [1.54, 1.807) is 18.2 Å². The zero-order valence-electron chi connectivity index (χ0n) is 13.8. The highest BCUT2D eigenvalue weighted by molar-refractivity contribution is 7.99. The van der Waals surface area contributed by atoms with Gasteiger partial charge in [0.1, 0.15) is 12.9 Å². The molecule has 1 aromatic heterocycles. The first-order valence-electron chi connectivity index (χ1n) is 7.92. The molecule has 0 unspecified atom stereocenters. The van der Waals surface area contributed by atoms with E-state index in [-0.39, 0.29) is 24.0 Å². The Kier molecular flexibility index (Phi) is 6.21. The summed E-state index contributed by atoms with van der Waals surface area (Å²) in [7, 11) is 0. The predicted molar refractivity (Wildman–Crippen MR) is 96.3 cm³/mol. The number of rotatable bonds is 8. The second kappa shape index (κ2) is 9.00. The van der Waals surface area contributed by atoms with Crippen LogP contribution in [0.15, 0.2) is 66.1 Å². The lowest BCUT2D eigenvalue weighted by Crippen LogP contribution is -2.33. The Labute approximate surface area is 154 Å². The van der Waals surface area contributed by atoms with Gasteiger partial charge in [-0.1, -0.05) is 54.2 Å². The van der Waals surface area contributed by atoms with E-state index in [9.17, 15) is 9.18 Å². The van der Waals surface area contributed by atoms with E-state index < -0.39 is 11.9 Å². The number of carbonyl (C=O) groups excluding carboxylic acids is 1. The van der Waals surface area contributed by atoms with Crippen LogP contribution in [-0.2, 0) is 4.79 Å². The van der Waals surface area contributed by atoms with Gasteiger partial charge >= 0.3 is 0 Å². The standard InChI is InChI=1S/C18H17FN4O2S/c19-14-8-4-5-9-16(14)25-10-15(13-6-2-1-3-7-13)22-17(24)11-26-18-20-12-21-23-18/h1-9,12,15H,10-11H2,(H,22,24)(H,20,21,23)/t15-/m0/s1. The van der Waals surface area contributed by atoms with Gasteiger partial charge in [-0.3, -0.25) is 9.89 Å². The van der Waals surface area contributed by atoms with Crippen molar-refractivity contribution in [2.75, 3.05) is 12.4 Å². The molecule has 3 rings (SSSR count). The van der Waals surface area contributed by atoms with E-state index in [2.05, 4.69) is 20.5 Å². The molecule has 0 bridgehead atoms. The first-order valence-corrected chi connectivity index (χ1v) is 8.91. The first kappa shape index (κ1) is 17.9. The zero-order chi connectivity index (χ0) is 18.2. The molecule has 6 nitrogen and oxygen atoms in total. The summed E-state index contributed by atoms with van der Waals surface area (Å²) in [5, 5.41) is 9.91. The summed E-state index contributed by atoms with van der Waals surface area (Å²) in [5.74, 6) is -0.291. The fraction of sp³-hybridized carbons (Fsp3) is 0.167. The molecule has 2 aromatic carbocycles. The van der Waals surface area contributed by atoms with Gasteiger partial charge in [0.05, 0.1) is 11.8 Å². The SMILES string of the molecule is O=C(CSc1ncn[nH]1)N[C@@H](COc1ccccc1F)c1ccccc1. The van der Waals surface area contributed by atoms with Crippen LogP contribution in [0.1, 0.15) is 11.6 Å². The van der Waals surface area contributed by atoms with E-state index in [1.165, 1.54) is 24.2 Å². The Hall–Kier alpha value is -2.87. The van der Waals surface area contributed by atoms with Crippen molar-refractivity contribution in [3.05, 3.63) is 72.3 Å². The number of nitrogens with zero attached hydrogens (tertiary/aromatic N) is 2. The van der Waals surface area contributed by atoms with Crippen LogP contribution in [0.5, 0.6) is 5.75 Å². The van der Waals surface area contributed by atoms with Gasteiger partial charge in [-0.15, -0.1) is 0 Å². The fourth-order valence-corrected chi connectivity index (χ4v) is 2.87. The van der Waals surface area contributed by atoms with Crippen LogP contribution < -0.4 is 10.1 Å². The third kappa shape index (κ3) is 5.06.